The van der Waals surface area contributed by atoms with E-state index in [1.54, 1.807) is 0 Å². The summed E-state index contributed by atoms with van der Waals surface area (Å²) in [6, 6.07) is 0. The van der Waals surface area contributed by atoms with Crippen molar-refractivity contribution in [3.05, 3.63) is 24.3 Å². The second-order valence-electron chi connectivity index (χ2n) is 9.17. The van der Waals surface area contributed by atoms with Crippen molar-refractivity contribution in [3.8, 4) is 0 Å². The van der Waals surface area contributed by atoms with Crippen LogP contribution in [0.1, 0.15) is 77.6 Å². The molecule has 1 fully saturated rings. The van der Waals surface area contributed by atoms with Crippen LogP contribution in [0.5, 0.6) is 0 Å². The third kappa shape index (κ3) is 11.8. The van der Waals surface area contributed by atoms with Crippen LogP contribution in [-0.2, 0) is 23.8 Å². The van der Waals surface area contributed by atoms with Crippen molar-refractivity contribution in [2.24, 2.45) is 17.8 Å². The van der Waals surface area contributed by atoms with Gasteiger partial charge in [-0.3, -0.25) is 0 Å². The van der Waals surface area contributed by atoms with E-state index in [0.29, 0.717) is 0 Å². The van der Waals surface area contributed by atoms with Crippen LogP contribution in [0, 0.1) is 17.8 Å². The molecular weight excluding hydrogens is 408 g/mol. The lowest BCUT2D eigenvalue weighted by atomic mass is 9.77. The van der Waals surface area contributed by atoms with Crippen LogP contribution < -0.4 is 0 Å². The summed E-state index contributed by atoms with van der Waals surface area (Å²) in [6.07, 6.45) is 13.6. The first-order valence-corrected chi connectivity index (χ1v) is 12.2. The van der Waals surface area contributed by atoms with E-state index < -0.39 is 18.5 Å². The van der Waals surface area contributed by atoms with Gasteiger partial charge in [-0.2, -0.15) is 0 Å². The van der Waals surface area contributed by atoms with Gasteiger partial charge < -0.3 is 19.3 Å². The maximum atomic E-state index is 12.0. The van der Waals surface area contributed by atoms with Crippen LogP contribution in [-0.4, -0.2) is 50.6 Å². The molecule has 0 bridgehead atoms. The van der Waals surface area contributed by atoms with E-state index in [4.69, 9.17) is 19.3 Å². The van der Waals surface area contributed by atoms with Crippen molar-refractivity contribution in [3.63, 3.8) is 0 Å². The van der Waals surface area contributed by atoms with Crippen molar-refractivity contribution in [2.75, 3.05) is 33.5 Å². The number of unbranched alkanes of at least 4 members (excludes halogenated alkanes) is 2. The van der Waals surface area contributed by atoms with E-state index in [2.05, 4.69) is 20.1 Å². The van der Waals surface area contributed by atoms with E-state index in [0.717, 1.165) is 31.1 Å². The topological polar surface area (TPSA) is 82.1 Å². The summed E-state index contributed by atoms with van der Waals surface area (Å²) in [5, 5.41) is 9.03. The molecule has 0 radical (unpaired) electrons. The van der Waals surface area contributed by atoms with Gasteiger partial charge in [-0.05, 0) is 18.3 Å². The zero-order valence-corrected chi connectivity index (χ0v) is 20.2. The largest absolute Gasteiger partial charge is 0.462 e. The Labute approximate surface area is 194 Å². The smallest absolute Gasteiger partial charge is 0.335 e. The molecule has 0 aromatic heterocycles. The molecule has 0 aliphatic heterocycles. The number of ether oxygens (including phenoxy) is 3. The average Bonchev–Trinajstić information content (AvgIpc) is 2.80. The highest BCUT2D eigenvalue weighted by molar-refractivity contribution is 5.88. The molecule has 1 saturated carbocycles. The Bertz CT molecular complexity index is 577. The Balaban J connectivity index is 2.42. The Morgan fingerprint density at radius 3 is 1.94 bits per heavy atom. The zero-order chi connectivity index (χ0) is 23.8. The van der Waals surface area contributed by atoms with Gasteiger partial charge in [0.1, 0.15) is 0 Å². The molecule has 1 atom stereocenters. The highest BCUT2D eigenvalue weighted by atomic mass is 16.5. The van der Waals surface area contributed by atoms with Gasteiger partial charge in [0.05, 0.1) is 37.6 Å². The highest BCUT2D eigenvalue weighted by Crippen LogP contribution is 2.34. The molecule has 6 nitrogen and oxygen atoms in total. The van der Waals surface area contributed by atoms with Crippen molar-refractivity contribution in [2.45, 2.75) is 77.6 Å². The Hall–Kier alpha value is -1.66. The van der Waals surface area contributed by atoms with Crippen LogP contribution in [0.3, 0.4) is 0 Å². The minimum Gasteiger partial charge on any atom is -0.462 e. The number of aliphatic hydroxyl groups is 1. The molecule has 6 heteroatoms. The fourth-order valence-corrected chi connectivity index (χ4v) is 4.29. The van der Waals surface area contributed by atoms with E-state index in [1.807, 2.05) is 0 Å². The lowest BCUT2D eigenvalue weighted by molar-refractivity contribution is -0.144. The van der Waals surface area contributed by atoms with Crippen molar-refractivity contribution in [1.29, 1.82) is 0 Å². The van der Waals surface area contributed by atoms with Crippen LogP contribution in [0.4, 0.5) is 0 Å². The number of rotatable bonds is 17. The second kappa shape index (κ2) is 16.9. The summed E-state index contributed by atoms with van der Waals surface area (Å²) in [4.78, 5) is 23.9. The van der Waals surface area contributed by atoms with Gasteiger partial charge in [-0.1, -0.05) is 84.3 Å². The monoisotopic (exact) mass is 452 g/mol. The molecule has 1 aliphatic rings. The molecule has 0 saturated heterocycles. The van der Waals surface area contributed by atoms with E-state index in [-0.39, 0.29) is 36.9 Å². The molecule has 1 unspecified atom stereocenters. The third-order valence-corrected chi connectivity index (χ3v) is 6.39. The maximum Gasteiger partial charge on any atom is 0.335 e. The lowest BCUT2D eigenvalue weighted by Crippen LogP contribution is -2.23. The highest BCUT2D eigenvalue weighted by Gasteiger charge is 2.22. The minimum atomic E-state index is -0.617. The molecule has 0 aromatic carbocycles. The SMILES string of the molecule is C=C(CO)C(=O)OCC(CCCC1CCC(CCCCC)CC1)COC(=O)C(=C)COC. The van der Waals surface area contributed by atoms with Crippen molar-refractivity contribution < 1.29 is 28.9 Å². The Morgan fingerprint density at radius 1 is 0.906 bits per heavy atom. The maximum absolute atomic E-state index is 12.0. The van der Waals surface area contributed by atoms with Gasteiger partial charge in [0.2, 0.25) is 0 Å². The molecule has 1 N–H and O–H groups in total. The van der Waals surface area contributed by atoms with Gasteiger partial charge in [-0.15, -0.1) is 0 Å². The number of aliphatic hydroxyl groups excluding tert-OH is 1. The van der Waals surface area contributed by atoms with E-state index in [1.165, 1.54) is 58.5 Å². The predicted molar refractivity (Wildman–Crippen MR) is 126 cm³/mol. The number of hydrogen-bond acceptors (Lipinski definition) is 6. The number of carbonyl (C=O) groups is 2. The second-order valence-corrected chi connectivity index (χ2v) is 9.17. The summed E-state index contributed by atoms with van der Waals surface area (Å²) in [7, 11) is 1.49. The predicted octanol–water partition coefficient (Wildman–Crippen LogP) is 5.00. The molecule has 1 aliphatic carbocycles. The number of esters is 2. The van der Waals surface area contributed by atoms with E-state index in [9.17, 15) is 9.59 Å². The van der Waals surface area contributed by atoms with Crippen molar-refractivity contribution in [1.82, 2.24) is 0 Å². The third-order valence-electron chi connectivity index (χ3n) is 6.39. The first-order chi connectivity index (χ1) is 15.4. The standard InChI is InChI=1S/C26H44O6/c1-5-6-7-9-22-12-14-23(15-13-22)10-8-11-24(18-31-25(28)20(2)16-27)19-32-26(29)21(3)17-30-4/h22-24,27H,2-3,5-19H2,1,4H3. The average molecular weight is 453 g/mol. The summed E-state index contributed by atoms with van der Waals surface area (Å²) in [5.74, 6) is 0.455. The van der Waals surface area contributed by atoms with Crippen LogP contribution >= 0.6 is 0 Å². The fourth-order valence-electron chi connectivity index (χ4n) is 4.29. The molecule has 1 rings (SSSR count). The van der Waals surface area contributed by atoms with Gasteiger partial charge in [0.15, 0.2) is 0 Å². The molecule has 184 valence electrons. The van der Waals surface area contributed by atoms with E-state index >= 15 is 0 Å². The molecular formula is C26H44O6. The molecule has 32 heavy (non-hydrogen) atoms. The van der Waals surface area contributed by atoms with Gasteiger partial charge >= 0.3 is 11.9 Å². The van der Waals surface area contributed by atoms with Crippen LogP contribution in [0.2, 0.25) is 0 Å². The quantitative estimate of drug-likeness (QED) is 0.190. The summed E-state index contributed by atoms with van der Waals surface area (Å²) < 4.78 is 15.5. The van der Waals surface area contributed by atoms with Gasteiger partial charge in [0.25, 0.3) is 0 Å². The Kier molecular flexibility index (Phi) is 15.0. The van der Waals surface area contributed by atoms with Crippen LogP contribution in [0.15, 0.2) is 24.3 Å². The number of carbonyl (C=O) groups excluding carboxylic acids is 2. The fraction of sp³-hybridized carbons (Fsp3) is 0.769. The minimum absolute atomic E-state index is 0.0184. The van der Waals surface area contributed by atoms with Gasteiger partial charge in [-0.25, -0.2) is 9.59 Å². The summed E-state index contributed by atoms with van der Waals surface area (Å²) in [5.41, 5.74) is 0.275. The first-order valence-electron chi connectivity index (χ1n) is 12.2. The first kappa shape index (κ1) is 28.4. The molecule has 0 heterocycles. The van der Waals surface area contributed by atoms with Crippen molar-refractivity contribution >= 4 is 11.9 Å². The Morgan fingerprint density at radius 2 is 1.44 bits per heavy atom. The summed E-state index contributed by atoms with van der Waals surface area (Å²) >= 11 is 0. The zero-order valence-electron chi connectivity index (χ0n) is 20.2. The lowest BCUT2D eigenvalue weighted by Gasteiger charge is -2.29. The number of hydrogen-bond donors (Lipinski definition) is 1. The number of methoxy groups -OCH3 is 1. The van der Waals surface area contributed by atoms with Crippen LogP contribution in [0.25, 0.3) is 0 Å². The molecule has 0 spiro atoms. The molecule has 0 aromatic rings. The molecule has 0 amide bonds. The van der Waals surface area contributed by atoms with Gasteiger partial charge in [0, 0.05) is 13.0 Å². The summed E-state index contributed by atoms with van der Waals surface area (Å²) in [6.45, 7) is 9.38. The normalized spacial score (nSPS) is 19.2.